The summed E-state index contributed by atoms with van der Waals surface area (Å²) in [4.78, 5) is 13.5. The van der Waals surface area contributed by atoms with E-state index in [1.54, 1.807) is 0 Å². The normalized spacial score (nSPS) is 19.4. The van der Waals surface area contributed by atoms with Gasteiger partial charge in [0, 0.05) is 32.4 Å². The number of aliphatic imine (C=N–C) groups is 1. The molecule has 1 aromatic rings. The van der Waals surface area contributed by atoms with Crippen LogP contribution < -0.4 is 10.6 Å². The van der Waals surface area contributed by atoms with Crippen molar-refractivity contribution in [3.63, 3.8) is 0 Å². The van der Waals surface area contributed by atoms with Crippen LogP contribution in [0.4, 0.5) is 5.82 Å². The van der Waals surface area contributed by atoms with E-state index in [0.717, 1.165) is 50.8 Å². The van der Waals surface area contributed by atoms with Gasteiger partial charge in [0.25, 0.3) is 0 Å². The Morgan fingerprint density at radius 3 is 2.65 bits per heavy atom. The molecule has 0 spiro atoms. The Morgan fingerprint density at radius 1 is 1.17 bits per heavy atom. The Hall–Kier alpha value is -1.09. The molecule has 0 unspecified atom stereocenters. The number of piperidine rings is 1. The summed E-state index contributed by atoms with van der Waals surface area (Å²) in [5, 5.41) is 0. The number of pyridine rings is 1. The molecule has 2 aliphatic rings. The third-order valence-corrected chi connectivity index (χ3v) is 4.25. The lowest BCUT2D eigenvalue weighted by Gasteiger charge is -2.28. The van der Waals surface area contributed by atoms with Gasteiger partial charge in [-0.05, 0) is 37.0 Å². The lowest BCUT2D eigenvalue weighted by atomic mass is 10.1. The zero-order chi connectivity index (χ0) is 15.2. The standard InChI is InChI=1S/C16H25N5O.HI/c17-16(21-8-10-22-11-9-21)19-13-14-4-5-18-15(12-14)20-6-2-1-3-7-20;/h4-5,12H,1-3,6-11,13H2,(H2,17,19);1H. The Balaban J connectivity index is 0.00000192. The van der Waals surface area contributed by atoms with Crippen molar-refractivity contribution < 1.29 is 4.74 Å². The van der Waals surface area contributed by atoms with Crippen molar-refractivity contribution in [1.29, 1.82) is 0 Å². The molecule has 0 atom stereocenters. The topological polar surface area (TPSA) is 67.0 Å². The third kappa shape index (κ3) is 5.20. The highest BCUT2D eigenvalue weighted by atomic mass is 127. The van der Waals surface area contributed by atoms with Crippen LogP contribution in [-0.2, 0) is 11.3 Å². The number of hydrogen-bond donors (Lipinski definition) is 1. The molecule has 7 heteroatoms. The van der Waals surface area contributed by atoms with Gasteiger partial charge in [-0.2, -0.15) is 0 Å². The molecule has 1 aromatic heterocycles. The van der Waals surface area contributed by atoms with E-state index in [9.17, 15) is 0 Å². The van der Waals surface area contributed by atoms with Gasteiger partial charge in [0.05, 0.1) is 19.8 Å². The van der Waals surface area contributed by atoms with Gasteiger partial charge in [0.2, 0.25) is 0 Å². The monoisotopic (exact) mass is 431 g/mol. The summed E-state index contributed by atoms with van der Waals surface area (Å²) < 4.78 is 5.33. The van der Waals surface area contributed by atoms with Crippen LogP contribution in [0.25, 0.3) is 0 Å². The summed E-state index contributed by atoms with van der Waals surface area (Å²) >= 11 is 0. The number of morpholine rings is 1. The van der Waals surface area contributed by atoms with Crippen molar-refractivity contribution in [2.45, 2.75) is 25.8 Å². The highest BCUT2D eigenvalue weighted by molar-refractivity contribution is 14.0. The second-order valence-electron chi connectivity index (χ2n) is 5.84. The van der Waals surface area contributed by atoms with Crippen molar-refractivity contribution in [1.82, 2.24) is 9.88 Å². The number of nitrogens with zero attached hydrogens (tertiary/aromatic N) is 4. The number of rotatable bonds is 3. The first-order chi connectivity index (χ1) is 10.8. The zero-order valence-electron chi connectivity index (χ0n) is 13.5. The molecule has 0 amide bonds. The number of ether oxygens (including phenoxy) is 1. The quantitative estimate of drug-likeness (QED) is 0.450. The highest BCUT2D eigenvalue weighted by Crippen LogP contribution is 2.18. The van der Waals surface area contributed by atoms with Gasteiger partial charge < -0.3 is 20.3 Å². The number of halogens is 1. The second kappa shape index (κ2) is 9.27. The molecular weight excluding hydrogens is 405 g/mol. The minimum Gasteiger partial charge on any atom is -0.378 e. The van der Waals surface area contributed by atoms with Gasteiger partial charge in [-0.15, -0.1) is 24.0 Å². The average Bonchev–Trinajstić information content (AvgIpc) is 2.61. The molecule has 2 aliphatic heterocycles. The summed E-state index contributed by atoms with van der Waals surface area (Å²) in [5.74, 6) is 1.68. The van der Waals surface area contributed by atoms with Gasteiger partial charge in [-0.3, -0.25) is 0 Å². The van der Waals surface area contributed by atoms with Crippen LogP contribution in [0.2, 0.25) is 0 Å². The first kappa shape index (κ1) is 18.3. The first-order valence-electron chi connectivity index (χ1n) is 8.15. The minimum atomic E-state index is 0. The van der Waals surface area contributed by atoms with E-state index in [2.05, 4.69) is 25.8 Å². The molecule has 0 bridgehead atoms. The van der Waals surface area contributed by atoms with E-state index in [-0.39, 0.29) is 24.0 Å². The van der Waals surface area contributed by atoms with E-state index < -0.39 is 0 Å². The van der Waals surface area contributed by atoms with Gasteiger partial charge in [-0.1, -0.05) is 0 Å². The molecule has 6 nitrogen and oxygen atoms in total. The smallest absolute Gasteiger partial charge is 0.191 e. The van der Waals surface area contributed by atoms with E-state index in [1.807, 2.05) is 12.3 Å². The van der Waals surface area contributed by atoms with Gasteiger partial charge >= 0.3 is 0 Å². The molecule has 0 aliphatic carbocycles. The lowest BCUT2D eigenvalue weighted by molar-refractivity contribution is 0.0674. The molecule has 0 radical (unpaired) electrons. The molecule has 2 N–H and O–H groups in total. The van der Waals surface area contributed by atoms with Crippen molar-refractivity contribution in [3.8, 4) is 0 Å². The Bertz CT molecular complexity index is 513. The Morgan fingerprint density at radius 2 is 1.91 bits per heavy atom. The molecule has 2 saturated heterocycles. The average molecular weight is 431 g/mol. The summed E-state index contributed by atoms with van der Waals surface area (Å²) in [6, 6.07) is 4.16. The minimum absolute atomic E-state index is 0. The van der Waals surface area contributed by atoms with E-state index >= 15 is 0 Å². The van der Waals surface area contributed by atoms with Crippen LogP contribution in [0.1, 0.15) is 24.8 Å². The van der Waals surface area contributed by atoms with Gasteiger partial charge in [0.15, 0.2) is 5.96 Å². The van der Waals surface area contributed by atoms with Gasteiger partial charge in [-0.25, -0.2) is 9.98 Å². The SMILES string of the molecule is I.NC(=NCc1ccnc(N2CCCCC2)c1)N1CCOCC1. The summed E-state index contributed by atoms with van der Waals surface area (Å²) in [6.45, 7) is 5.92. The van der Waals surface area contributed by atoms with Crippen LogP contribution in [0.3, 0.4) is 0 Å². The molecule has 3 rings (SSSR count). The van der Waals surface area contributed by atoms with Crippen LogP contribution in [0, 0.1) is 0 Å². The van der Waals surface area contributed by atoms with Crippen molar-refractivity contribution in [2.75, 3.05) is 44.3 Å². The number of hydrogen-bond acceptors (Lipinski definition) is 4. The summed E-state index contributed by atoms with van der Waals surface area (Å²) in [7, 11) is 0. The summed E-state index contributed by atoms with van der Waals surface area (Å²) in [5.41, 5.74) is 7.23. The maximum Gasteiger partial charge on any atom is 0.191 e. The molecule has 0 saturated carbocycles. The fraction of sp³-hybridized carbons (Fsp3) is 0.625. The molecule has 2 fully saturated rings. The first-order valence-corrected chi connectivity index (χ1v) is 8.15. The lowest BCUT2D eigenvalue weighted by Crippen LogP contribution is -2.44. The van der Waals surface area contributed by atoms with Crippen LogP contribution in [0.15, 0.2) is 23.3 Å². The van der Waals surface area contributed by atoms with Crippen molar-refractivity contribution in [2.24, 2.45) is 10.7 Å². The number of nitrogens with two attached hydrogens (primary N) is 1. The maximum atomic E-state index is 6.07. The number of guanidine groups is 1. The largest absolute Gasteiger partial charge is 0.378 e. The molecule has 23 heavy (non-hydrogen) atoms. The predicted octanol–water partition coefficient (Wildman–Crippen LogP) is 1.84. The maximum absolute atomic E-state index is 6.07. The fourth-order valence-electron chi connectivity index (χ4n) is 2.92. The molecule has 3 heterocycles. The molecule has 0 aromatic carbocycles. The van der Waals surface area contributed by atoms with Crippen LogP contribution >= 0.6 is 24.0 Å². The Kier molecular flexibility index (Phi) is 7.35. The zero-order valence-corrected chi connectivity index (χ0v) is 15.8. The predicted molar refractivity (Wildman–Crippen MR) is 103 cm³/mol. The van der Waals surface area contributed by atoms with E-state index in [0.29, 0.717) is 12.5 Å². The summed E-state index contributed by atoms with van der Waals surface area (Å²) in [6.07, 6.45) is 5.72. The fourth-order valence-corrected chi connectivity index (χ4v) is 2.92. The molecular formula is C16H26IN5O. The molecule has 128 valence electrons. The van der Waals surface area contributed by atoms with Crippen LogP contribution in [-0.4, -0.2) is 55.2 Å². The third-order valence-electron chi connectivity index (χ3n) is 4.25. The number of aromatic nitrogens is 1. The Labute approximate surface area is 155 Å². The second-order valence-corrected chi connectivity index (χ2v) is 5.84. The van der Waals surface area contributed by atoms with Crippen molar-refractivity contribution >= 4 is 35.8 Å². The van der Waals surface area contributed by atoms with Crippen molar-refractivity contribution in [3.05, 3.63) is 23.9 Å². The number of anilines is 1. The van der Waals surface area contributed by atoms with Gasteiger partial charge in [0.1, 0.15) is 5.82 Å². The van der Waals surface area contributed by atoms with E-state index in [1.165, 1.54) is 19.3 Å². The van der Waals surface area contributed by atoms with Crippen LogP contribution in [0.5, 0.6) is 0 Å². The van der Waals surface area contributed by atoms with E-state index in [4.69, 9.17) is 10.5 Å². The highest BCUT2D eigenvalue weighted by Gasteiger charge is 2.13.